The van der Waals surface area contributed by atoms with E-state index in [0.29, 0.717) is 11.5 Å². The minimum absolute atomic E-state index is 0.0914. The molecule has 2 aliphatic rings. The quantitative estimate of drug-likeness (QED) is 0.548. The Labute approximate surface area is 148 Å². The Morgan fingerprint density at radius 2 is 2.05 bits per heavy atom. The van der Waals surface area contributed by atoms with Gasteiger partial charge in [0.15, 0.2) is 0 Å². The van der Waals surface area contributed by atoms with Gasteiger partial charge in [0.2, 0.25) is 0 Å². The molecule has 3 nitrogen and oxygen atoms in total. The fourth-order valence-corrected chi connectivity index (χ4v) is 5.33. The first-order chi connectivity index (χ1) is 10.4. The van der Waals surface area contributed by atoms with Gasteiger partial charge in [-0.1, -0.05) is 45.7 Å². The first-order valence-electron chi connectivity index (χ1n) is 7.59. The lowest BCUT2D eigenvalue weighted by Gasteiger charge is -2.36. The molecule has 2 fully saturated rings. The summed E-state index contributed by atoms with van der Waals surface area (Å²) < 4.78 is 0.962. The number of nitrogens with zero attached hydrogens (tertiary/aromatic N) is 1. The van der Waals surface area contributed by atoms with Crippen LogP contribution in [-0.2, 0) is 0 Å². The van der Waals surface area contributed by atoms with Gasteiger partial charge < -0.3 is 0 Å². The molecular formula is C17H20Br2N2O. The standard InChI is InChI=1S/C17H20Br2N2O/c1-16-8-7-12(17(16,2)10-18)9-14(16)20-21-15(22)11-3-5-13(19)6-4-11/h3-6,12H,7-10H2,1-2H3,(H,21,22)/b20-14-/t12-,16+,17+/m0/s1. The summed E-state index contributed by atoms with van der Waals surface area (Å²) in [6.07, 6.45) is 3.42. The molecule has 0 spiro atoms. The molecule has 22 heavy (non-hydrogen) atoms. The number of fused-ring (bicyclic) bond motifs is 2. The van der Waals surface area contributed by atoms with E-state index in [4.69, 9.17) is 0 Å². The second kappa shape index (κ2) is 5.75. The Hall–Kier alpha value is -0.680. The molecule has 3 rings (SSSR count). The Kier molecular flexibility index (Phi) is 4.23. The molecule has 0 unspecified atom stereocenters. The van der Waals surface area contributed by atoms with Gasteiger partial charge in [-0.05, 0) is 54.9 Å². The Bertz CT molecular complexity index is 628. The maximum absolute atomic E-state index is 12.2. The molecule has 3 atom stereocenters. The maximum Gasteiger partial charge on any atom is 0.271 e. The normalized spacial score (nSPS) is 35.1. The first-order valence-corrected chi connectivity index (χ1v) is 9.51. The van der Waals surface area contributed by atoms with Crippen molar-refractivity contribution in [3.63, 3.8) is 0 Å². The zero-order valence-corrected chi connectivity index (χ0v) is 16.0. The highest BCUT2D eigenvalue weighted by Gasteiger charge is 2.61. The third-order valence-corrected chi connectivity index (χ3v) is 7.60. The van der Waals surface area contributed by atoms with Gasteiger partial charge in [0, 0.05) is 26.5 Å². The Balaban J connectivity index is 1.77. The van der Waals surface area contributed by atoms with Crippen molar-refractivity contribution >= 4 is 43.5 Å². The number of halogens is 2. The van der Waals surface area contributed by atoms with E-state index < -0.39 is 0 Å². The van der Waals surface area contributed by atoms with E-state index in [1.54, 1.807) is 12.1 Å². The van der Waals surface area contributed by atoms with Crippen LogP contribution in [0.1, 0.15) is 43.5 Å². The van der Waals surface area contributed by atoms with Crippen LogP contribution in [0, 0.1) is 16.7 Å². The summed E-state index contributed by atoms with van der Waals surface area (Å²) in [5, 5.41) is 5.49. The summed E-state index contributed by atoms with van der Waals surface area (Å²) in [5.74, 6) is 0.520. The average molecular weight is 428 g/mol. The van der Waals surface area contributed by atoms with Gasteiger partial charge in [0.05, 0.1) is 0 Å². The predicted octanol–water partition coefficient (Wildman–Crippen LogP) is 4.76. The second-order valence-electron chi connectivity index (χ2n) is 6.83. The molecule has 2 saturated carbocycles. The average Bonchev–Trinajstić information content (AvgIpc) is 2.89. The van der Waals surface area contributed by atoms with E-state index in [9.17, 15) is 4.79 Å². The molecule has 0 aliphatic heterocycles. The number of hydrogen-bond acceptors (Lipinski definition) is 2. The van der Waals surface area contributed by atoms with Crippen molar-refractivity contribution in [2.24, 2.45) is 21.8 Å². The van der Waals surface area contributed by atoms with Crippen LogP contribution < -0.4 is 5.43 Å². The fourth-order valence-electron chi connectivity index (χ4n) is 3.99. The molecule has 2 aliphatic carbocycles. The number of amides is 1. The van der Waals surface area contributed by atoms with Gasteiger partial charge >= 0.3 is 0 Å². The van der Waals surface area contributed by atoms with Gasteiger partial charge in [-0.3, -0.25) is 4.79 Å². The first kappa shape index (κ1) is 16.2. The minimum atomic E-state index is -0.146. The molecule has 0 radical (unpaired) electrons. The monoisotopic (exact) mass is 426 g/mol. The van der Waals surface area contributed by atoms with Crippen molar-refractivity contribution in [1.29, 1.82) is 0 Å². The lowest BCUT2D eigenvalue weighted by molar-refractivity contribution is 0.0954. The maximum atomic E-state index is 12.2. The zero-order valence-electron chi connectivity index (χ0n) is 12.8. The van der Waals surface area contributed by atoms with Gasteiger partial charge in [-0.15, -0.1) is 0 Å². The molecule has 1 aromatic rings. The highest BCUT2D eigenvalue weighted by atomic mass is 79.9. The van der Waals surface area contributed by atoms with E-state index in [-0.39, 0.29) is 16.7 Å². The predicted molar refractivity (Wildman–Crippen MR) is 96.4 cm³/mol. The van der Waals surface area contributed by atoms with E-state index in [1.165, 1.54) is 6.42 Å². The number of alkyl halides is 1. The lowest BCUT2D eigenvalue weighted by Crippen LogP contribution is -2.37. The molecular weight excluding hydrogens is 408 g/mol. The summed E-state index contributed by atoms with van der Waals surface area (Å²) in [5.41, 5.74) is 4.86. The van der Waals surface area contributed by atoms with Crippen molar-refractivity contribution in [2.75, 3.05) is 5.33 Å². The molecule has 1 aromatic carbocycles. The van der Waals surface area contributed by atoms with Crippen LogP contribution in [0.2, 0.25) is 0 Å². The third kappa shape index (κ3) is 2.37. The van der Waals surface area contributed by atoms with E-state index in [0.717, 1.165) is 28.4 Å². The SMILES string of the molecule is C[C@@]12CC[C@@H](C/C1=N/NC(=O)c1ccc(Br)cc1)[C@@]2(C)CBr. The zero-order chi connectivity index (χ0) is 16.0. The minimum Gasteiger partial charge on any atom is -0.267 e. The summed E-state index contributed by atoms with van der Waals surface area (Å²) in [6.45, 7) is 4.64. The molecule has 5 heteroatoms. The largest absolute Gasteiger partial charge is 0.271 e. The topological polar surface area (TPSA) is 41.5 Å². The number of carbonyl (C=O) groups is 1. The van der Waals surface area contributed by atoms with Crippen molar-refractivity contribution in [3.05, 3.63) is 34.3 Å². The number of nitrogens with one attached hydrogen (secondary N) is 1. The number of carbonyl (C=O) groups excluding carboxylic acids is 1. The van der Waals surface area contributed by atoms with Crippen molar-refractivity contribution in [1.82, 2.24) is 5.43 Å². The van der Waals surface area contributed by atoms with Crippen molar-refractivity contribution < 1.29 is 4.79 Å². The van der Waals surface area contributed by atoms with Crippen LogP contribution >= 0.6 is 31.9 Å². The highest BCUT2D eigenvalue weighted by Crippen LogP contribution is 2.64. The Morgan fingerprint density at radius 1 is 1.36 bits per heavy atom. The Morgan fingerprint density at radius 3 is 2.64 bits per heavy atom. The van der Waals surface area contributed by atoms with Crippen molar-refractivity contribution in [3.8, 4) is 0 Å². The van der Waals surface area contributed by atoms with Gasteiger partial charge in [-0.25, -0.2) is 5.43 Å². The van der Waals surface area contributed by atoms with Crippen LogP contribution in [-0.4, -0.2) is 16.9 Å². The highest BCUT2D eigenvalue weighted by molar-refractivity contribution is 9.10. The van der Waals surface area contributed by atoms with E-state index in [2.05, 4.69) is 56.2 Å². The summed E-state index contributed by atoms with van der Waals surface area (Å²) in [6, 6.07) is 7.32. The van der Waals surface area contributed by atoms with Crippen LogP contribution in [0.15, 0.2) is 33.8 Å². The van der Waals surface area contributed by atoms with Crippen molar-refractivity contribution in [2.45, 2.75) is 33.1 Å². The molecule has 1 N–H and O–H groups in total. The van der Waals surface area contributed by atoms with Gasteiger partial charge in [-0.2, -0.15) is 5.10 Å². The fraction of sp³-hybridized carbons (Fsp3) is 0.529. The summed E-state index contributed by atoms with van der Waals surface area (Å²) >= 11 is 7.07. The van der Waals surface area contributed by atoms with E-state index >= 15 is 0 Å². The van der Waals surface area contributed by atoms with Crippen LogP contribution in [0.4, 0.5) is 0 Å². The molecule has 0 aromatic heterocycles. The van der Waals surface area contributed by atoms with Crippen LogP contribution in [0.25, 0.3) is 0 Å². The smallest absolute Gasteiger partial charge is 0.267 e. The van der Waals surface area contributed by atoms with E-state index in [1.807, 2.05) is 12.1 Å². The molecule has 118 valence electrons. The number of benzene rings is 1. The molecule has 1 amide bonds. The molecule has 2 bridgehead atoms. The number of hydrogen-bond donors (Lipinski definition) is 1. The molecule has 0 heterocycles. The van der Waals surface area contributed by atoms with Gasteiger partial charge in [0.25, 0.3) is 5.91 Å². The third-order valence-electron chi connectivity index (χ3n) is 5.91. The summed E-state index contributed by atoms with van der Waals surface area (Å²) in [4.78, 5) is 12.2. The molecule has 0 saturated heterocycles. The van der Waals surface area contributed by atoms with Gasteiger partial charge in [0.1, 0.15) is 0 Å². The van der Waals surface area contributed by atoms with Crippen LogP contribution in [0.5, 0.6) is 0 Å². The van der Waals surface area contributed by atoms with Crippen LogP contribution in [0.3, 0.4) is 0 Å². The lowest BCUT2D eigenvalue weighted by atomic mass is 9.70. The summed E-state index contributed by atoms with van der Waals surface area (Å²) in [7, 11) is 0. The number of rotatable bonds is 3. The number of hydrazone groups is 1. The second-order valence-corrected chi connectivity index (χ2v) is 8.31.